The molecule has 1 aromatic heterocycles. The van der Waals surface area contributed by atoms with Crippen LogP contribution in [0.4, 0.5) is 0 Å². The van der Waals surface area contributed by atoms with Crippen molar-refractivity contribution in [1.29, 1.82) is 0 Å². The number of amides is 1. The lowest BCUT2D eigenvalue weighted by atomic mass is 9.93. The van der Waals surface area contributed by atoms with Gasteiger partial charge in [-0.15, -0.1) is 0 Å². The van der Waals surface area contributed by atoms with E-state index >= 15 is 0 Å². The molecule has 1 N–H and O–H groups in total. The van der Waals surface area contributed by atoms with E-state index in [1.165, 1.54) is 0 Å². The Morgan fingerprint density at radius 2 is 2.15 bits per heavy atom. The summed E-state index contributed by atoms with van der Waals surface area (Å²) in [7, 11) is 0. The van der Waals surface area contributed by atoms with E-state index in [9.17, 15) is 9.90 Å². The molecule has 2 unspecified atom stereocenters. The minimum atomic E-state index is -0.356. The van der Waals surface area contributed by atoms with Crippen molar-refractivity contribution < 1.29 is 9.90 Å². The van der Waals surface area contributed by atoms with Gasteiger partial charge in [-0.3, -0.25) is 9.48 Å². The van der Waals surface area contributed by atoms with Gasteiger partial charge < -0.3 is 10.0 Å². The van der Waals surface area contributed by atoms with Crippen molar-refractivity contribution in [3.05, 3.63) is 17.5 Å². The zero-order valence-electron chi connectivity index (χ0n) is 12.8. The standard InChI is InChI=1S/C15H25N3O2/c1-10(2)18-11(3)14(8-16-18)15(20)17-7-5-6-13(9-17)12(4)19/h8,10,12-13,19H,5-7,9H2,1-4H3. The van der Waals surface area contributed by atoms with Gasteiger partial charge in [-0.2, -0.15) is 5.10 Å². The van der Waals surface area contributed by atoms with E-state index < -0.39 is 0 Å². The van der Waals surface area contributed by atoms with Crippen LogP contribution >= 0.6 is 0 Å². The van der Waals surface area contributed by atoms with Gasteiger partial charge in [0.2, 0.25) is 0 Å². The van der Waals surface area contributed by atoms with Crippen LogP contribution in [0.15, 0.2) is 6.20 Å². The minimum Gasteiger partial charge on any atom is -0.393 e. The molecule has 2 heterocycles. The number of hydrogen-bond acceptors (Lipinski definition) is 3. The fourth-order valence-electron chi connectivity index (χ4n) is 2.91. The van der Waals surface area contributed by atoms with Crippen molar-refractivity contribution in [3.8, 4) is 0 Å². The van der Waals surface area contributed by atoms with Gasteiger partial charge in [0.15, 0.2) is 0 Å². The van der Waals surface area contributed by atoms with Crippen molar-refractivity contribution in [3.63, 3.8) is 0 Å². The van der Waals surface area contributed by atoms with Crippen molar-refractivity contribution in [1.82, 2.24) is 14.7 Å². The average Bonchev–Trinajstić information content (AvgIpc) is 2.80. The maximum absolute atomic E-state index is 12.6. The summed E-state index contributed by atoms with van der Waals surface area (Å²) < 4.78 is 1.88. The van der Waals surface area contributed by atoms with Crippen LogP contribution < -0.4 is 0 Å². The molecule has 0 spiro atoms. The number of piperidine rings is 1. The number of aliphatic hydroxyl groups is 1. The van der Waals surface area contributed by atoms with Crippen LogP contribution in [0.3, 0.4) is 0 Å². The Morgan fingerprint density at radius 1 is 1.45 bits per heavy atom. The van der Waals surface area contributed by atoms with E-state index in [1.807, 2.05) is 16.5 Å². The normalized spacial score (nSPS) is 21.3. The highest BCUT2D eigenvalue weighted by Gasteiger charge is 2.28. The molecule has 1 saturated heterocycles. The largest absolute Gasteiger partial charge is 0.393 e. The van der Waals surface area contributed by atoms with Crippen molar-refractivity contribution in [2.24, 2.45) is 5.92 Å². The molecule has 0 bridgehead atoms. The number of hydrogen-bond donors (Lipinski definition) is 1. The lowest BCUT2D eigenvalue weighted by molar-refractivity contribution is 0.0465. The van der Waals surface area contributed by atoms with Gasteiger partial charge in [-0.1, -0.05) is 0 Å². The second-order valence-corrected chi connectivity index (χ2v) is 6.08. The monoisotopic (exact) mass is 279 g/mol. The summed E-state index contributed by atoms with van der Waals surface area (Å²) >= 11 is 0. The Hall–Kier alpha value is -1.36. The highest BCUT2D eigenvalue weighted by atomic mass is 16.3. The molecule has 1 fully saturated rings. The molecule has 1 aromatic rings. The number of likely N-dealkylation sites (tertiary alicyclic amines) is 1. The Balaban J connectivity index is 2.15. The van der Waals surface area contributed by atoms with Crippen LogP contribution in [0.2, 0.25) is 0 Å². The predicted octanol–water partition coefficient (Wildman–Crippen LogP) is 2.01. The first-order chi connectivity index (χ1) is 9.41. The van der Waals surface area contributed by atoms with E-state index in [-0.39, 0.29) is 24.0 Å². The topological polar surface area (TPSA) is 58.4 Å². The quantitative estimate of drug-likeness (QED) is 0.920. The van der Waals surface area contributed by atoms with Crippen molar-refractivity contribution >= 4 is 5.91 Å². The average molecular weight is 279 g/mol. The summed E-state index contributed by atoms with van der Waals surface area (Å²) in [5, 5.41) is 14.0. The minimum absolute atomic E-state index is 0.0414. The molecule has 2 atom stereocenters. The van der Waals surface area contributed by atoms with Gasteiger partial charge in [-0.05, 0) is 40.5 Å². The van der Waals surface area contributed by atoms with Crippen LogP contribution in [0, 0.1) is 12.8 Å². The second kappa shape index (κ2) is 5.95. The van der Waals surface area contributed by atoms with Crippen molar-refractivity contribution in [2.75, 3.05) is 13.1 Å². The number of carbonyl (C=O) groups is 1. The maximum Gasteiger partial charge on any atom is 0.257 e. The molecule has 5 nitrogen and oxygen atoms in total. The molecule has 1 aliphatic heterocycles. The molecule has 1 amide bonds. The molecule has 5 heteroatoms. The van der Waals surface area contributed by atoms with Gasteiger partial charge in [0.05, 0.1) is 17.9 Å². The lowest BCUT2D eigenvalue weighted by Gasteiger charge is -2.34. The molecule has 1 aliphatic rings. The first kappa shape index (κ1) is 15.0. The van der Waals surface area contributed by atoms with Crippen LogP contribution in [0.1, 0.15) is 55.7 Å². The summed E-state index contributed by atoms with van der Waals surface area (Å²) in [6, 6.07) is 0.253. The molecular formula is C15H25N3O2. The highest BCUT2D eigenvalue weighted by Crippen LogP contribution is 2.22. The molecule has 0 aliphatic carbocycles. The summed E-state index contributed by atoms with van der Waals surface area (Å²) in [5.41, 5.74) is 1.61. The molecular weight excluding hydrogens is 254 g/mol. The Bertz CT molecular complexity index is 479. The zero-order valence-corrected chi connectivity index (χ0v) is 12.8. The first-order valence-electron chi connectivity index (χ1n) is 7.43. The van der Waals surface area contributed by atoms with E-state index in [0.29, 0.717) is 12.1 Å². The Morgan fingerprint density at radius 3 is 2.70 bits per heavy atom. The third kappa shape index (κ3) is 2.87. The Kier molecular flexibility index (Phi) is 4.48. The number of rotatable bonds is 3. The van der Waals surface area contributed by atoms with Gasteiger partial charge in [-0.25, -0.2) is 0 Å². The van der Waals surface area contributed by atoms with Crippen LogP contribution in [0.5, 0.6) is 0 Å². The van der Waals surface area contributed by atoms with E-state index in [0.717, 1.165) is 25.1 Å². The first-order valence-corrected chi connectivity index (χ1v) is 7.43. The Labute approximate surface area is 120 Å². The third-order valence-electron chi connectivity index (χ3n) is 4.19. The smallest absolute Gasteiger partial charge is 0.257 e. The highest BCUT2D eigenvalue weighted by molar-refractivity contribution is 5.95. The number of nitrogens with zero attached hydrogens (tertiary/aromatic N) is 3. The molecule has 112 valence electrons. The van der Waals surface area contributed by atoms with Gasteiger partial charge in [0.1, 0.15) is 0 Å². The van der Waals surface area contributed by atoms with Crippen LogP contribution in [-0.2, 0) is 0 Å². The SMILES string of the molecule is Cc1c(C(=O)N2CCCC(C(C)O)C2)cnn1C(C)C. The summed E-state index contributed by atoms with van der Waals surface area (Å²) in [4.78, 5) is 14.5. The molecule has 20 heavy (non-hydrogen) atoms. The molecule has 0 aromatic carbocycles. The number of carbonyl (C=O) groups excluding carboxylic acids is 1. The third-order valence-corrected chi connectivity index (χ3v) is 4.19. The lowest BCUT2D eigenvalue weighted by Crippen LogP contribution is -2.43. The zero-order chi connectivity index (χ0) is 14.9. The molecule has 2 rings (SSSR count). The van der Waals surface area contributed by atoms with E-state index in [2.05, 4.69) is 18.9 Å². The second-order valence-electron chi connectivity index (χ2n) is 6.08. The van der Waals surface area contributed by atoms with E-state index in [1.54, 1.807) is 13.1 Å². The fraction of sp³-hybridized carbons (Fsp3) is 0.733. The van der Waals surface area contributed by atoms with Gasteiger partial charge in [0.25, 0.3) is 5.91 Å². The molecule has 0 radical (unpaired) electrons. The predicted molar refractivity (Wildman–Crippen MR) is 77.7 cm³/mol. The summed E-state index contributed by atoms with van der Waals surface area (Å²) in [6.45, 7) is 9.27. The maximum atomic E-state index is 12.6. The fourth-order valence-corrected chi connectivity index (χ4v) is 2.91. The summed E-state index contributed by atoms with van der Waals surface area (Å²) in [5.74, 6) is 0.230. The van der Waals surface area contributed by atoms with Crippen molar-refractivity contribution in [2.45, 2.75) is 52.7 Å². The van der Waals surface area contributed by atoms with Crippen LogP contribution in [-0.4, -0.2) is 44.9 Å². The number of aromatic nitrogens is 2. The number of aliphatic hydroxyl groups excluding tert-OH is 1. The van der Waals surface area contributed by atoms with Gasteiger partial charge in [0, 0.05) is 30.7 Å². The van der Waals surface area contributed by atoms with Crippen LogP contribution in [0.25, 0.3) is 0 Å². The van der Waals surface area contributed by atoms with Gasteiger partial charge >= 0.3 is 0 Å². The molecule has 0 saturated carbocycles. The summed E-state index contributed by atoms with van der Waals surface area (Å²) in [6.07, 6.45) is 3.26. The van der Waals surface area contributed by atoms with E-state index in [4.69, 9.17) is 0 Å².